The van der Waals surface area contributed by atoms with Crippen molar-refractivity contribution in [3.63, 3.8) is 0 Å². The van der Waals surface area contributed by atoms with E-state index in [1.54, 1.807) is 24.3 Å². The third kappa shape index (κ3) is 5.28. The molecule has 1 N–H and O–H groups in total. The van der Waals surface area contributed by atoms with Crippen LogP contribution in [0.15, 0.2) is 42.5 Å². The van der Waals surface area contributed by atoms with Gasteiger partial charge in [0.2, 0.25) is 0 Å². The number of halogens is 1. The SMILES string of the molecule is Cc1cccc(C)c1NC(=O)COC(=O)COc1cccc(Cl)c1. The molecule has 0 heterocycles. The quantitative estimate of drug-likeness (QED) is 0.812. The maximum absolute atomic E-state index is 11.9. The van der Waals surface area contributed by atoms with Gasteiger partial charge in [-0.05, 0) is 43.2 Å². The van der Waals surface area contributed by atoms with Crippen molar-refractivity contribution in [3.8, 4) is 5.75 Å². The fourth-order valence-electron chi connectivity index (χ4n) is 2.07. The van der Waals surface area contributed by atoms with Gasteiger partial charge >= 0.3 is 5.97 Å². The molecule has 0 aliphatic heterocycles. The number of anilines is 1. The summed E-state index contributed by atoms with van der Waals surface area (Å²) in [6.07, 6.45) is 0. The second-order valence-electron chi connectivity index (χ2n) is 5.22. The van der Waals surface area contributed by atoms with Crippen LogP contribution in [0.2, 0.25) is 5.02 Å². The van der Waals surface area contributed by atoms with Crippen LogP contribution in [0.1, 0.15) is 11.1 Å². The van der Waals surface area contributed by atoms with E-state index in [1.807, 2.05) is 32.0 Å². The molecule has 0 unspecified atom stereocenters. The fraction of sp³-hybridized carbons (Fsp3) is 0.222. The molecule has 0 fully saturated rings. The van der Waals surface area contributed by atoms with Gasteiger partial charge < -0.3 is 14.8 Å². The van der Waals surface area contributed by atoms with Crippen molar-refractivity contribution in [1.82, 2.24) is 0 Å². The lowest BCUT2D eigenvalue weighted by molar-refractivity contribution is -0.149. The van der Waals surface area contributed by atoms with E-state index in [-0.39, 0.29) is 13.2 Å². The van der Waals surface area contributed by atoms with Crippen LogP contribution in [0.3, 0.4) is 0 Å². The van der Waals surface area contributed by atoms with Gasteiger partial charge in [0.1, 0.15) is 5.75 Å². The van der Waals surface area contributed by atoms with E-state index < -0.39 is 11.9 Å². The number of amides is 1. The summed E-state index contributed by atoms with van der Waals surface area (Å²) in [5.41, 5.74) is 2.62. The fourth-order valence-corrected chi connectivity index (χ4v) is 2.25. The van der Waals surface area contributed by atoms with Crippen LogP contribution in [-0.4, -0.2) is 25.1 Å². The number of benzene rings is 2. The Bertz CT molecular complexity index is 725. The van der Waals surface area contributed by atoms with Crippen molar-refractivity contribution < 1.29 is 19.1 Å². The lowest BCUT2D eigenvalue weighted by Gasteiger charge is -2.11. The topological polar surface area (TPSA) is 64.6 Å². The van der Waals surface area contributed by atoms with Crippen molar-refractivity contribution in [1.29, 1.82) is 0 Å². The van der Waals surface area contributed by atoms with Crippen LogP contribution < -0.4 is 10.1 Å². The first-order valence-corrected chi connectivity index (χ1v) is 7.73. The number of carbonyl (C=O) groups is 2. The molecule has 5 nitrogen and oxygen atoms in total. The first kappa shape index (κ1) is 17.8. The summed E-state index contributed by atoms with van der Waals surface area (Å²) in [6, 6.07) is 12.4. The molecule has 6 heteroatoms. The second-order valence-corrected chi connectivity index (χ2v) is 5.66. The summed E-state index contributed by atoms with van der Waals surface area (Å²) in [5.74, 6) is -0.574. The molecule has 1 amide bonds. The highest BCUT2D eigenvalue weighted by atomic mass is 35.5. The number of esters is 1. The van der Waals surface area contributed by atoms with Crippen molar-refractivity contribution >= 4 is 29.2 Å². The highest BCUT2D eigenvalue weighted by molar-refractivity contribution is 6.30. The van der Waals surface area contributed by atoms with Gasteiger partial charge in [0, 0.05) is 10.7 Å². The predicted octanol–water partition coefficient (Wildman–Crippen LogP) is 3.52. The average molecular weight is 348 g/mol. The van der Waals surface area contributed by atoms with Gasteiger partial charge in [-0.15, -0.1) is 0 Å². The number of rotatable bonds is 6. The molecule has 0 aliphatic carbocycles. The van der Waals surface area contributed by atoms with Gasteiger partial charge in [0.05, 0.1) is 0 Å². The van der Waals surface area contributed by atoms with E-state index in [1.165, 1.54) is 0 Å². The Kier molecular flexibility index (Phi) is 6.21. The molecule has 2 rings (SSSR count). The minimum atomic E-state index is -0.633. The van der Waals surface area contributed by atoms with Crippen molar-refractivity contribution in [3.05, 3.63) is 58.6 Å². The van der Waals surface area contributed by atoms with Crippen molar-refractivity contribution in [2.45, 2.75) is 13.8 Å². The van der Waals surface area contributed by atoms with E-state index in [4.69, 9.17) is 21.1 Å². The molecule has 0 spiro atoms. The average Bonchev–Trinajstić information content (AvgIpc) is 2.54. The zero-order valence-electron chi connectivity index (χ0n) is 13.5. The number of aryl methyl sites for hydroxylation is 2. The Hall–Kier alpha value is -2.53. The lowest BCUT2D eigenvalue weighted by Crippen LogP contribution is -2.24. The minimum Gasteiger partial charge on any atom is -0.482 e. The zero-order valence-corrected chi connectivity index (χ0v) is 14.2. The Labute approximate surface area is 145 Å². The monoisotopic (exact) mass is 347 g/mol. The molecule has 0 radical (unpaired) electrons. The standard InChI is InChI=1S/C18H18ClNO4/c1-12-5-3-6-13(2)18(12)20-16(21)10-24-17(22)11-23-15-8-4-7-14(19)9-15/h3-9H,10-11H2,1-2H3,(H,20,21). The van der Waals surface area contributed by atoms with Crippen LogP contribution in [0.25, 0.3) is 0 Å². The van der Waals surface area contributed by atoms with E-state index in [9.17, 15) is 9.59 Å². The van der Waals surface area contributed by atoms with Gasteiger partial charge in [-0.25, -0.2) is 4.79 Å². The Morgan fingerprint density at radius 1 is 1.04 bits per heavy atom. The maximum Gasteiger partial charge on any atom is 0.344 e. The van der Waals surface area contributed by atoms with Crippen molar-refractivity contribution in [2.75, 3.05) is 18.5 Å². The van der Waals surface area contributed by atoms with Crippen molar-refractivity contribution in [2.24, 2.45) is 0 Å². The lowest BCUT2D eigenvalue weighted by atomic mass is 10.1. The van der Waals surface area contributed by atoms with Crippen LogP contribution in [0.4, 0.5) is 5.69 Å². The Morgan fingerprint density at radius 3 is 2.38 bits per heavy atom. The molecule has 0 saturated carbocycles. The molecule has 0 aromatic heterocycles. The first-order chi connectivity index (χ1) is 11.5. The van der Waals surface area contributed by atoms with Gasteiger partial charge in [0.25, 0.3) is 5.91 Å². The molecule has 126 valence electrons. The number of ether oxygens (including phenoxy) is 2. The van der Waals surface area contributed by atoms with Crippen LogP contribution in [0, 0.1) is 13.8 Å². The van der Waals surface area contributed by atoms with Gasteiger partial charge in [-0.3, -0.25) is 4.79 Å². The number of nitrogens with one attached hydrogen (secondary N) is 1. The van der Waals surface area contributed by atoms with Gasteiger partial charge in [0.15, 0.2) is 13.2 Å². The number of carbonyl (C=O) groups excluding carboxylic acids is 2. The second kappa shape index (κ2) is 8.36. The molecule has 2 aromatic rings. The molecule has 0 aliphatic rings. The van der Waals surface area contributed by atoms with Gasteiger partial charge in [-0.1, -0.05) is 35.9 Å². The molecule has 0 bridgehead atoms. The van der Waals surface area contributed by atoms with Crippen LogP contribution >= 0.6 is 11.6 Å². The third-order valence-corrected chi connectivity index (χ3v) is 3.50. The first-order valence-electron chi connectivity index (χ1n) is 7.36. The molecule has 0 saturated heterocycles. The Morgan fingerprint density at radius 2 is 1.71 bits per heavy atom. The van der Waals surface area contributed by atoms with E-state index in [2.05, 4.69) is 5.32 Å². The smallest absolute Gasteiger partial charge is 0.344 e. The van der Waals surface area contributed by atoms with Crippen LogP contribution in [0.5, 0.6) is 5.75 Å². The summed E-state index contributed by atoms with van der Waals surface area (Å²) < 4.78 is 10.1. The summed E-state index contributed by atoms with van der Waals surface area (Å²) in [7, 11) is 0. The number of para-hydroxylation sites is 1. The molecule has 0 atom stereocenters. The number of hydrogen-bond donors (Lipinski definition) is 1. The van der Waals surface area contributed by atoms with E-state index in [0.717, 1.165) is 16.8 Å². The zero-order chi connectivity index (χ0) is 17.5. The summed E-state index contributed by atoms with van der Waals surface area (Å²) in [6.45, 7) is 3.13. The molecular weight excluding hydrogens is 330 g/mol. The largest absolute Gasteiger partial charge is 0.482 e. The summed E-state index contributed by atoms with van der Waals surface area (Å²) in [4.78, 5) is 23.5. The maximum atomic E-state index is 11.9. The highest BCUT2D eigenvalue weighted by Crippen LogP contribution is 2.19. The molecule has 24 heavy (non-hydrogen) atoms. The summed E-state index contributed by atoms with van der Waals surface area (Å²) in [5, 5.41) is 3.25. The minimum absolute atomic E-state index is 0.295. The third-order valence-electron chi connectivity index (χ3n) is 3.26. The highest BCUT2D eigenvalue weighted by Gasteiger charge is 2.11. The predicted molar refractivity (Wildman–Crippen MR) is 92.5 cm³/mol. The molecular formula is C18H18ClNO4. The van der Waals surface area contributed by atoms with E-state index >= 15 is 0 Å². The summed E-state index contributed by atoms with van der Waals surface area (Å²) >= 11 is 5.82. The number of hydrogen-bond acceptors (Lipinski definition) is 4. The van der Waals surface area contributed by atoms with Crippen LogP contribution in [-0.2, 0) is 14.3 Å². The van der Waals surface area contributed by atoms with Gasteiger partial charge in [-0.2, -0.15) is 0 Å². The van der Waals surface area contributed by atoms with E-state index in [0.29, 0.717) is 10.8 Å². The normalized spacial score (nSPS) is 10.1. The Balaban J connectivity index is 1.78. The molecule has 2 aromatic carbocycles.